The van der Waals surface area contributed by atoms with Gasteiger partial charge in [-0.3, -0.25) is 9.59 Å². The quantitative estimate of drug-likeness (QED) is 0.417. The first kappa shape index (κ1) is 25.1. The van der Waals surface area contributed by atoms with E-state index >= 15 is 0 Å². The number of fused-ring (bicyclic) bond motifs is 1. The Bertz CT molecular complexity index is 1220. The number of amides is 2. The zero-order valence-electron chi connectivity index (χ0n) is 21.0. The van der Waals surface area contributed by atoms with Gasteiger partial charge in [-0.1, -0.05) is 43.5 Å². The Hall–Kier alpha value is -3.52. The molecule has 2 aromatic carbocycles. The molecule has 1 atom stereocenters. The highest BCUT2D eigenvalue weighted by atomic mass is 32.1. The highest BCUT2D eigenvalue weighted by molar-refractivity contribution is 7.10. The van der Waals surface area contributed by atoms with Crippen molar-refractivity contribution in [3.05, 3.63) is 76.0 Å². The summed E-state index contributed by atoms with van der Waals surface area (Å²) in [6.45, 7) is 0.427. The van der Waals surface area contributed by atoms with E-state index in [1.807, 2.05) is 60.0 Å². The molecule has 0 unspecified atom stereocenters. The molecule has 0 spiro atoms. The van der Waals surface area contributed by atoms with Gasteiger partial charge in [-0.05, 0) is 59.7 Å². The summed E-state index contributed by atoms with van der Waals surface area (Å²) >= 11 is 1.54. The molecule has 1 N–H and O–H groups in total. The molecule has 8 heteroatoms. The van der Waals surface area contributed by atoms with Crippen LogP contribution in [0.1, 0.15) is 54.1 Å². The maximum absolute atomic E-state index is 13.9. The monoisotopic (exact) mass is 520 g/mol. The van der Waals surface area contributed by atoms with Gasteiger partial charge in [0, 0.05) is 17.5 Å². The molecule has 1 aromatic heterocycles. The van der Waals surface area contributed by atoms with Crippen molar-refractivity contribution in [2.75, 3.05) is 13.9 Å². The smallest absolute Gasteiger partial charge is 0.247 e. The van der Waals surface area contributed by atoms with E-state index in [0.29, 0.717) is 22.8 Å². The summed E-state index contributed by atoms with van der Waals surface area (Å²) in [4.78, 5) is 30.5. The second-order valence-corrected chi connectivity index (χ2v) is 10.5. The van der Waals surface area contributed by atoms with E-state index in [9.17, 15) is 9.59 Å². The van der Waals surface area contributed by atoms with Crippen LogP contribution in [0.3, 0.4) is 0 Å². The fourth-order valence-electron chi connectivity index (χ4n) is 5.03. The lowest BCUT2D eigenvalue weighted by Crippen LogP contribution is -2.47. The Kier molecular flexibility index (Phi) is 7.94. The van der Waals surface area contributed by atoms with Crippen LogP contribution in [0.4, 0.5) is 0 Å². The molecule has 0 saturated heterocycles. The molecule has 1 aliphatic carbocycles. The zero-order chi connectivity index (χ0) is 25.6. The summed E-state index contributed by atoms with van der Waals surface area (Å²) in [6.07, 6.45) is 5.55. The van der Waals surface area contributed by atoms with Crippen molar-refractivity contribution in [1.29, 1.82) is 0 Å². The van der Waals surface area contributed by atoms with Crippen molar-refractivity contribution in [3.8, 4) is 17.2 Å². The molecule has 2 amide bonds. The first-order chi connectivity index (χ1) is 18.1. The van der Waals surface area contributed by atoms with Crippen LogP contribution < -0.4 is 19.5 Å². The van der Waals surface area contributed by atoms with Gasteiger partial charge in [0.2, 0.25) is 18.6 Å². The van der Waals surface area contributed by atoms with Crippen molar-refractivity contribution in [2.45, 2.75) is 57.2 Å². The standard InChI is InChI=1S/C29H32N2O5S/c1-34-23-10-5-7-21(16-23)28(29(33)30-22-8-3-2-4-9-22)31(27(32)17-24-11-6-14-37-24)18-20-12-13-25-26(15-20)36-19-35-25/h5-7,10-16,22,28H,2-4,8-9,17-19H2,1H3,(H,30,33)/t28-/m1/s1. The first-order valence-electron chi connectivity index (χ1n) is 12.8. The number of nitrogens with zero attached hydrogens (tertiary/aromatic N) is 1. The first-order valence-corrected chi connectivity index (χ1v) is 13.6. The van der Waals surface area contributed by atoms with Gasteiger partial charge in [-0.2, -0.15) is 0 Å². The summed E-state index contributed by atoms with van der Waals surface area (Å²) in [5.74, 6) is 1.68. The molecule has 1 fully saturated rings. The average Bonchev–Trinajstić information content (AvgIpc) is 3.61. The minimum atomic E-state index is -0.810. The van der Waals surface area contributed by atoms with Crippen LogP contribution in [-0.2, 0) is 22.6 Å². The Balaban J connectivity index is 1.51. The van der Waals surface area contributed by atoms with E-state index in [4.69, 9.17) is 14.2 Å². The van der Waals surface area contributed by atoms with Gasteiger partial charge in [0.05, 0.1) is 13.5 Å². The van der Waals surface area contributed by atoms with E-state index in [1.54, 1.807) is 12.0 Å². The zero-order valence-corrected chi connectivity index (χ0v) is 21.8. The number of hydrogen-bond donors (Lipinski definition) is 1. The lowest BCUT2D eigenvalue weighted by molar-refractivity contribution is -0.141. The van der Waals surface area contributed by atoms with Crippen LogP contribution in [-0.4, -0.2) is 36.7 Å². The number of benzene rings is 2. The molecule has 194 valence electrons. The van der Waals surface area contributed by atoms with Crippen LogP contribution in [0.25, 0.3) is 0 Å². The van der Waals surface area contributed by atoms with Crippen LogP contribution >= 0.6 is 11.3 Å². The van der Waals surface area contributed by atoms with Gasteiger partial charge < -0.3 is 24.4 Å². The molecule has 2 heterocycles. The highest BCUT2D eigenvalue weighted by Gasteiger charge is 2.33. The molecule has 7 nitrogen and oxygen atoms in total. The summed E-state index contributed by atoms with van der Waals surface area (Å²) in [6, 6.07) is 16.3. The van der Waals surface area contributed by atoms with Crippen molar-refractivity contribution in [1.82, 2.24) is 10.2 Å². The third kappa shape index (κ3) is 6.07. The van der Waals surface area contributed by atoms with Crippen molar-refractivity contribution < 1.29 is 23.8 Å². The molecule has 3 aromatic rings. The lowest BCUT2D eigenvalue weighted by atomic mass is 9.94. The number of thiophene rings is 1. The fourth-order valence-corrected chi connectivity index (χ4v) is 5.73. The van der Waals surface area contributed by atoms with Crippen LogP contribution in [0.15, 0.2) is 60.0 Å². The lowest BCUT2D eigenvalue weighted by Gasteiger charge is -2.33. The molecule has 0 radical (unpaired) electrons. The number of ether oxygens (including phenoxy) is 3. The van der Waals surface area contributed by atoms with Crippen LogP contribution in [0, 0.1) is 0 Å². The minimum Gasteiger partial charge on any atom is -0.497 e. The molecular weight excluding hydrogens is 488 g/mol. The number of carbonyl (C=O) groups is 2. The van der Waals surface area contributed by atoms with Gasteiger partial charge in [-0.15, -0.1) is 11.3 Å². The van der Waals surface area contributed by atoms with Gasteiger partial charge >= 0.3 is 0 Å². The third-order valence-corrected chi connectivity index (χ3v) is 7.81. The number of rotatable bonds is 9. The number of hydrogen-bond acceptors (Lipinski definition) is 6. The minimum absolute atomic E-state index is 0.119. The van der Waals surface area contributed by atoms with E-state index in [1.165, 1.54) is 17.8 Å². The normalized spacial score (nSPS) is 15.7. The largest absolute Gasteiger partial charge is 0.497 e. The van der Waals surface area contributed by atoms with E-state index in [0.717, 1.165) is 36.1 Å². The Morgan fingerprint density at radius 1 is 1.05 bits per heavy atom. The van der Waals surface area contributed by atoms with Gasteiger partial charge in [-0.25, -0.2) is 0 Å². The average molecular weight is 521 g/mol. The third-order valence-electron chi connectivity index (χ3n) is 6.94. The highest BCUT2D eigenvalue weighted by Crippen LogP contribution is 2.34. The van der Waals surface area contributed by atoms with E-state index in [2.05, 4.69) is 5.32 Å². The predicted molar refractivity (Wildman–Crippen MR) is 142 cm³/mol. The molecule has 37 heavy (non-hydrogen) atoms. The summed E-state index contributed by atoms with van der Waals surface area (Å²) in [5, 5.41) is 5.22. The topological polar surface area (TPSA) is 77.1 Å². The van der Waals surface area contributed by atoms with Crippen LogP contribution in [0.5, 0.6) is 17.2 Å². The maximum atomic E-state index is 13.9. The Labute approximate surface area is 221 Å². The molecule has 1 saturated carbocycles. The van der Waals surface area contributed by atoms with Crippen molar-refractivity contribution in [3.63, 3.8) is 0 Å². The van der Waals surface area contributed by atoms with Gasteiger partial charge in [0.1, 0.15) is 11.8 Å². The molecule has 0 bridgehead atoms. The second kappa shape index (κ2) is 11.7. The van der Waals surface area contributed by atoms with E-state index < -0.39 is 6.04 Å². The molecule has 1 aliphatic heterocycles. The second-order valence-electron chi connectivity index (χ2n) is 9.49. The molecule has 2 aliphatic rings. The van der Waals surface area contributed by atoms with Gasteiger partial charge in [0.25, 0.3) is 0 Å². The van der Waals surface area contributed by atoms with Crippen molar-refractivity contribution in [2.24, 2.45) is 0 Å². The summed E-state index contributed by atoms with van der Waals surface area (Å²) in [7, 11) is 1.60. The van der Waals surface area contributed by atoms with Gasteiger partial charge in [0.15, 0.2) is 11.5 Å². The maximum Gasteiger partial charge on any atom is 0.247 e. The van der Waals surface area contributed by atoms with Crippen molar-refractivity contribution >= 4 is 23.2 Å². The summed E-state index contributed by atoms with van der Waals surface area (Å²) in [5.41, 5.74) is 1.58. The SMILES string of the molecule is COc1cccc([C@H](C(=O)NC2CCCCC2)N(Cc2ccc3c(c2)OCO3)C(=O)Cc2cccs2)c1. The predicted octanol–water partition coefficient (Wildman–Crippen LogP) is 5.25. The fraction of sp³-hybridized carbons (Fsp3) is 0.379. The van der Waals surface area contributed by atoms with E-state index in [-0.39, 0.29) is 37.6 Å². The number of nitrogens with one attached hydrogen (secondary N) is 1. The molecular formula is C29H32N2O5S. The molecule has 5 rings (SSSR count). The Morgan fingerprint density at radius 2 is 1.89 bits per heavy atom. The summed E-state index contributed by atoms with van der Waals surface area (Å²) < 4.78 is 16.5. The van der Waals surface area contributed by atoms with Crippen LogP contribution in [0.2, 0.25) is 0 Å². The number of carbonyl (C=O) groups excluding carboxylic acids is 2. The number of methoxy groups -OCH3 is 1. The Morgan fingerprint density at radius 3 is 2.68 bits per heavy atom.